The van der Waals surface area contributed by atoms with Crippen molar-refractivity contribution in [1.82, 2.24) is 4.98 Å². The van der Waals surface area contributed by atoms with Crippen LogP contribution < -0.4 is 14.2 Å². The number of hydrogen-bond donors (Lipinski definition) is 0. The van der Waals surface area contributed by atoms with E-state index < -0.39 is 0 Å². The van der Waals surface area contributed by atoms with Crippen LogP contribution in [0.4, 0.5) is 0 Å². The van der Waals surface area contributed by atoms with Gasteiger partial charge in [0.25, 0.3) is 0 Å². The largest absolute Gasteiger partial charge is 0.486 e. The Bertz CT molecular complexity index is 361. The maximum absolute atomic E-state index is 5.75. The monoisotopic (exact) mass is 223 g/mol. The molecule has 0 bridgehead atoms. The van der Waals surface area contributed by atoms with Crippen molar-refractivity contribution in [2.45, 2.75) is 38.9 Å². The summed E-state index contributed by atoms with van der Waals surface area (Å²) in [6.45, 7) is 3.95. The highest BCUT2D eigenvalue weighted by Gasteiger charge is 2.25. The molecule has 4 nitrogen and oxygen atoms in total. The van der Waals surface area contributed by atoms with E-state index in [0.29, 0.717) is 17.7 Å². The van der Waals surface area contributed by atoms with Gasteiger partial charge in [0.1, 0.15) is 0 Å². The van der Waals surface area contributed by atoms with Gasteiger partial charge in [-0.2, -0.15) is 0 Å². The third-order valence-corrected chi connectivity index (χ3v) is 2.20. The molecule has 0 aromatic carbocycles. The second kappa shape index (κ2) is 4.60. The second-order valence-electron chi connectivity index (χ2n) is 4.16. The Morgan fingerprint density at radius 1 is 1.31 bits per heavy atom. The number of pyridine rings is 1. The maximum Gasteiger partial charge on any atom is 0.216 e. The first-order chi connectivity index (χ1) is 7.69. The summed E-state index contributed by atoms with van der Waals surface area (Å²) in [4.78, 5) is 4.11. The van der Waals surface area contributed by atoms with E-state index in [1.807, 2.05) is 13.8 Å². The Labute approximate surface area is 95.5 Å². The second-order valence-corrected chi connectivity index (χ2v) is 4.16. The van der Waals surface area contributed by atoms with Crippen LogP contribution in [0.25, 0.3) is 0 Å². The lowest BCUT2D eigenvalue weighted by Gasteiger charge is -2.14. The van der Waals surface area contributed by atoms with Crippen LogP contribution in [0.15, 0.2) is 12.3 Å². The molecule has 0 spiro atoms. The van der Waals surface area contributed by atoms with Crippen LogP contribution in [0, 0.1) is 0 Å². The number of aromatic nitrogens is 1. The first-order valence-corrected chi connectivity index (χ1v) is 5.56. The Morgan fingerprint density at radius 3 is 2.62 bits per heavy atom. The molecule has 0 amide bonds. The zero-order valence-corrected chi connectivity index (χ0v) is 9.90. The molecule has 88 valence electrons. The quantitative estimate of drug-likeness (QED) is 0.768. The van der Waals surface area contributed by atoms with Gasteiger partial charge in [-0.05, 0) is 26.7 Å². The Hall–Kier alpha value is -1.45. The van der Waals surface area contributed by atoms with Gasteiger partial charge < -0.3 is 14.2 Å². The van der Waals surface area contributed by atoms with Crippen molar-refractivity contribution in [3.05, 3.63) is 12.3 Å². The van der Waals surface area contributed by atoms with Gasteiger partial charge in [-0.15, -0.1) is 0 Å². The lowest BCUT2D eigenvalue weighted by Crippen LogP contribution is -2.08. The molecule has 2 rings (SSSR count). The molecule has 4 heteroatoms. The Morgan fingerprint density at radius 2 is 2.06 bits per heavy atom. The zero-order valence-electron chi connectivity index (χ0n) is 9.90. The van der Waals surface area contributed by atoms with E-state index in [4.69, 9.17) is 14.2 Å². The van der Waals surface area contributed by atoms with Gasteiger partial charge in [0.15, 0.2) is 11.5 Å². The summed E-state index contributed by atoms with van der Waals surface area (Å²) in [6, 6.07) is 1.77. The topological polar surface area (TPSA) is 40.6 Å². The minimum Gasteiger partial charge on any atom is -0.486 e. The zero-order chi connectivity index (χ0) is 11.5. The van der Waals surface area contributed by atoms with E-state index in [9.17, 15) is 0 Å². The number of ether oxygens (including phenoxy) is 3. The van der Waals surface area contributed by atoms with Crippen LogP contribution in [-0.2, 0) is 0 Å². The standard InChI is InChI=1S/C12H17NO3/c1-8(2)15-11-7-13-12(14-3)6-10(11)16-9-4-5-9/h6-9H,4-5H2,1-3H3. The van der Waals surface area contributed by atoms with Crippen molar-refractivity contribution >= 4 is 0 Å². The smallest absolute Gasteiger partial charge is 0.216 e. The van der Waals surface area contributed by atoms with E-state index in [0.717, 1.165) is 18.6 Å². The van der Waals surface area contributed by atoms with Gasteiger partial charge in [-0.25, -0.2) is 4.98 Å². The molecule has 16 heavy (non-hydrogen) atoms. The van der Waals surface area contributed by atoms with E-state index in [1.165, 1.54) is 0 Å². The summed E-state index contributed by atoms with van der Waals surface area (Å²) in [5.74, 6) is 1.96. The van der Waals surface area contributed by atoms with Crippen molar-refractivity contribution in [2.24, 2.45) is 0 Å². The fourth-order valence-electron chi connectivity index (χ4n) is 1.32. The molecular formula is C12H17NO3. The van der Waals surface area contributed by atoms with Crippen LogP contribution >= 0.6 is 0 Å². The van der Waals surface area contributed by atoms with Crippen LogP contribution in [0.3, 0.4) is 0 Å². The molecule has 0 saturated heterocycles. The average molecular weight is 223 g/mol. The predicted molar refractivity (Wildman–Crippen MR) is 60.2 cm³/mol. The lowest BCUT2D eigenvalue weighted by molar-refractivity contribution is 0.215. The van der Waals surface area contributed by atoms with Crippen molar-refractivity contribution in [1.29, 1.82) is 0 Å². The number of methoxy groups -OCH3 is 1. The third kappa shape index (κ3) is 2.78. The maximum atomic E-state index is 5.75. The highest BCUT2D eigenvalue weighted by atomic mass is 16.5. The van der Waals surface area contributed by atoms with Crippen LogP contribution in [0.5, 0.6) is 17.4 Å². The summed E-state index contributed by atoms with van der Waals surface area (Å²) in [5, 5.41) is 0. The van der Waals surface area contributed by atoms with Gasteiger partial charge in [0.2, 0.25) is 5.88 Å². The molecule has 0 radical (unpaired) electrons. The molecule has 1 heterocycles. The van der Waals surface area contributed by atoms with E-state index in [1.54, 1.807) is 19.4 Å². The van der Waals surface area contributed by atoms with E-state index >= 15 is 0 Å². The van der Waals surface area contributed by atoms with Gasteiger partial charge >= 0.3 is 0 Å². The molecule has 1 aromatic heterocycles. The first-order valence-electron chi connectivity index (χ1n) is 5.56. The molecule has 0 atom stereocenters. The van der Waals surface area contributed by atoms with Crippen LogP contribution in [0.1, 0.15) is 26.7 Å². The number of hydrogen-bond acceptors (Lipinski definition) is 4. The minimum atomic E-state index is 0.108. The summed E-state index contributed by atoms with van der Waals surface area (Å²) in [7, 11) is 1.59. The van der Waals surface area contributed by atoms with E-state index in [2.05, 4.69) is 4.98 Å². The highest BCUT2D eigenvalue weighted by molar-refractivity contribution is 5.41. The predicted octanol–water partition coefficient (Wildman–Crippen LogP) is 2.42. The number of rotatable bonds is 5. The van der Waals surface area contributed by atoms with E-state index in [-0.39, 0.29) is 6.10 Å². The molecule has 1 aromatic rings. The summed E-state index contributed by atoms with van der Waals surface area (Å²) in [6.07, 6.45) is 4.33. The fourth-order valence-corrected chi connectivity index (χ4v) is 1.32. The first kappa shape index (κ1) is 11.0. The molecule has 0 unspecified atom stereocenters. The molecular weight excluding hydrogens is 206 g/mol. The van der Waals surface area contributed by atoms with Gasteiger partial charge in [0.05, 0.1) is 25.5 Å². The molecule has 0 aliphatic heterocycles. The van der Waals surface area contributed by atoms with Gasteiger partial charge in [-0.1, -0.05) is 0 Å². The normalized spacial score (nSPS) is 15.0. The SMILES string of the molecule is COc1cc(OC2CC2)c(OC(C)C)cn1. The summed E-state index contributed by atoms with van der Waals surface area (Å²) in [5.41, 5.74) is 0. The molecule has 0 N–H and O–H groups in total. The lowest BCUT2D eigenvalue weighted by atomic mass is 10.4. The minimum absolute atomic E-state index is 0.108. The van der Waals surface area contributed by atoms with Crippen LogP contribution in [-0.4, -0.2) is 24.3 Å². The Kier molecular flexibility index (Phi) is 3.17. The molecule has 1 fully saturated rings. The molecule has 1 saturated carbocycles. The van der Waals surface area contributed by atoms with Gasteiger partial charge in [0, 0.05) is 6.07 Å². The third-order valence-electron chi connectivity index (χ3n) is 2.20. The summed E-state index contributed by atoms with van der Waals surface area (Å²) < 4.78 is 16.5. The number of nitrogens with zero attached hydrogens (tertiary/aromatic N) is 1. The van der Waals surface area contributed by atoms with Crippen molar-refractivity contribution in [3.8, 4) is 17.4 Å². The van der Waals surface area contributed by atoms with Crippen molar-refractivity contribution in [2.75, 3.05) is 7.11 Å². The van der Waals surface area contributed by atoms with Crippen molar-refractivity contribution in [3.63, 3.8) is 0 Å². The Balaban J connectivity index is 2.19. The van der Waals surface area contributed by atoms with Crippen molar-refractivity contribution < 1.29 is 14.2 Å². The van der Waals surface area contributed by atoms with Gasteiger partial charge in [-0.3, -0.25) is 0 Å². The fraction of sp³-hybridized carbons (Fsp3) is 0.583. The van der Waals surface area contributed by atoms with Crippen LogP contribution in [0.2, 0.25) is 0 Å². The highest BCUT2D eigenvalue weighted by Crippen LogP contribution is 2.35. The molecule has 1 aliphatic carbocycles. The average Bonchev–Trinajstić information content (AvgIpc) is 3.04. The molecule has 1 aliphatic rings. The summed E-state index contributed by atoms with van der Waals surface area (Å²) >= 11 is 0.